The van der Waals surface area contributed by atoms with Gasteiger partial charge in [0.1, 0.15) is 21.8 Å². The molecule has 200 valence electrons. The number of piperidine rings is 1. The average Bonchev–Trinajstić information content (AvgIpc) is 3.12. The number of nitrogens with zero attached hydrogens (tertiary/aromatic N) is 4. The number of thioether (sulfide) groups is 1. The molecule has 1 aromatic rings. The number of aromatic nitrogens is 1. The minimum absolute atomic E-state index is 0.116. The summed E-state index contributed by atoms with van der Waals surface area (Å²) in [6.45, 7) is 8.68. The third-order valence-electron chi connectivity index (χ3n) is 7.09. The first-order valence-electron chi connectivity index (χ1n) is 13.1. The summed E-state index contributed by atoms with van der Waals surface area (Å²) in [5.74, 6) is 0.401. The molecule has 8 nitrogen and oxygen atoms in total. The number of anilines is 1. The Morgan fingerprint density at radius 3 is 2.51 bits per heavy atom. The van der Waals surface area contributed by atoms with Gasteiger partial charge in [0.2, 0.25) is 0 Å². The number of nitriles is 1. The average molecular weight is 545 g/mol. The van der Waals surface area contributed by atoms with Crippen LogP contribution < -0.4 is 10.5 Å². The zero-order valence-corrected chi connectivity index (χ0v) is 23.6. The number of carboxylic acid groups (broad SMARTS) is 1. The van der Waals surface area contributed by atoms with Gasteiger partial charge in [0, 0.05) is 38.2 Å². The molecule has 3 rings (SSSR count). The molecule has 2 aliphatic heterocycles. The molecular weight excluding hydrogens is 508 g/mol. The summed E-state index contributed by atoms with van der Waals surface area (Å²) in [6, 6.07) is 2.11. The lowest BCUT2D eigenvalue weighted by molar-refractivity contribution is -0.137. The standard InChI is InChI=1S/C27H36N4O4S2/c1-4-5-12-30-24(29-14-10-18(2)11-15-29)20(19(3)21(17-28)25(30)34)16-22-26(35)31(27(36)37-22)13-8-6-7-9-23(32)33/h16,18H,4-15H2,1-3H3,(H,32,33)/b22-16+. The van der Waals surface area contributed by atoms with Crippen molar-refractivity contribution in [1.29, 1.82) is 5.26 Å². The monoisotopic (exact) mass is 544 g/mol. The third kappa shape index (κ3) is 6.82. The normalized spacial score (nSPS) is 17.6. The zero-order valence-electron chi connectivity index (χ0n) is 21.9. The summed E-state index contributed by atoms with van der Waals surface area (Å²) < 4.78 is 2.21. The summed E-state index contributed by atoms with van der Waals surface area (Å²) in [6.07, 6.45) is 7.63. The van der Waals surface area contributed by atoms with Gasteiger partial charge in [-0.25, -0.2) is 0 Å². The molecule has 1 aromatic heterocycles. The van der Waals surface area contributed by atoms with E-state index in [1.54, 1.807) is 16.4 Å². The maximum absolute atomic E-state index is 13.4. The minimum Gasteiger partial charge on any atom is -0.481 e. The van der Waals surface area contributed by atoms with Crippen molar-refractivity contribution in [3.63, 3.8) is 0 Å². The number of carbonyl (C=O) groups excluding carboxylic acids is 1. The molecule has 1 amide bonds. The van der Waals surface area contributed by atoms with Gasteiger partial charge in [-0.15, -0.1) is 0 Å². The molecule has 0 aromatic carbocycles. The Morgan fingerprint density at radius 2 is 1.89 bits per heavy atom. The van der Waals surface area contributed by atoms with E-state index in [2.05, 4.69) is 24.8 Å². The zero-order chi connectivity index (χ0) is 27.1. The molecule has 0 bridgehead atoms. The maximum Gasteiger partial charge on any atom is 0.303 e. The number of carboxylic acids is 1. The van der Waals surface area contributed by atoms with E-state index in [9.17, 15) is 19.6 Å². The second kappa shape index (κ2) is 13.2. The van der Waals surface area contributed by atoms with E-state index in [0.717, 1.165) is 50.2 Å². The van der Waals surface area contributed by atoms with Crippen LogP contribution in [-0.4, -0.2) is 50.4 Å². The fourth-order valence-corrected chi connectivity index (χ4v) is 6.07. The van der Waals surface area contributed by atoms with E-state index in [0.29, 0.717) is 53.1 Å². The van der Waals surface area contributed by atoms with Crippen LogP contribution in [0.1, 0.15) is 81.9 Å². The van der Waals surface area contributed by atoms with Gasteiger partial charge in [0.05, 0.1) is 4.91 Å². The van der Waals surface area contributed by atoms with Crippen LogP contribution in [0.25, 0.3) is 6.08 Å². The lowest BCUT2D eigenvalue weighted by Crippen LogP contribution is -2.39. The summed E-state index contributed by atoms with van der Waals surface area (Å²) in [5.41, 5.74) is 1.18. The summed E-state index contributed by atoms with van der Waals surface area (Å²) in [7, 11) is 0. The number of unbranched alkanes of at least 4 members (excludes halogenated alkanes) is 3. The van der Waals surface area contributed by atoms with Crippen LogP contribution in [0.5, 0.6) is 0 Å². The largest absolute Gasteiger partial charge is 0.481 e. The molecular formula is C27H36N4O4S2. The first-order valence-corrected chi connectivity index (χ1v) is 14.3. The molecule has 37 heavy (non-hydrogen) atoms. The summed E-state index contributed by atoms with van der Waals surface area (Å²) >= 11 is 6.74. The summed E-state index contributed by atoms with van der Waals surface area (Å²) in [5, 5.41) is 18.7. The van der Waals surface area contributed by atoms with Crippen molar-refractivity contribution in [2.24, 2.45) is 5.92 Å². The number of rotatable bonds is 11. The first kappa shape index (κ1) is 28.9. The Labute approximate surface area is 228 Å². The highest BCUT2D eigenvalue weighted by atomic mass is 32.2. The highest BCUT2D eigenvalue weighted by molar-refractivity contribution is 8.26. The van der Waals surface area contributed by atoms with Crippen LogP contribution in [-0.2, 0) is 16.1 Å². The van der Waals surface area contributed by atoms with E-state index >= 15 is 0 Å². The van der Waals surface area contributed by atoms with Crippen LogP contribution in [0.4, 0.5) is 5.82 Å². The number of hydrogen-bond acceptors (Lipinski definition) is 7. The van der Waals surface area contributed by atoms with E-state index in [-0.39, 0.29) is 23.5 Å². The van der Waals surface area contributed by atoms with E-state index in [1.807, 2.05) is 6.08 Å². The smallest absolute Gasteiger partial charge is 0.303 e. The van der Waals surface area contributed by atoms with Gasteiger partial charge in [0.15, 0.2) is 0 Å². The fraction of sp³-hybridized carbons (Fsp3) is 0.593. The minimum atomic E-state index is -0.820. The topological polar surface area (TPSA) is 107 Å². The second-order valence-electron chi connectivity index (χ2n) is 9.87. The van der Waals surface area contributed by atoms with Crippen molar-refractivity contribution >= 4 is 52.1 Å². The van der Waals surface area contributed by atoms with Gasteiger partial charge in [-0.05, 0) is 56.6 Å². The molecule has 0 spiro atoms. The molecule has 2 saturated heterocycles. The quantitative estimate of drug-likeness (QED) is 0.238. The molecule has 0 radical (unpaired) electrons. The van der Waals surface area contributed by atoms with Crippen LogP contribution in [0.2, 0.25) is 0 Å². The van der Waals surface area contributed by atoms with Crippen LogP contribution in [0.3, 0.4) is 0 Å². The Morgan fingerprint density at radius 1 is 1.19 bits per heavy atom. The van der Waals surface area contributed by atoms with Gasteiger partial charge in [-0.3, -0.25) is 23.9 Å². The van der Waals surface area contributed by atoms with Crippen molar-refractivity contribution in [3.8, 4) is 6.07 Å². The van der Waals surface area contributed by atoms with Crippen molar-refractivity contribution in [1.82, 2.24) is 9.47 Å². The lowest BCUT2D eigenvalue weighted by atomic mass is 9.97. The summed E-state index contributed by atoms with van der Waals surface area (Å²) in [4.78, 5) is 41.7. The van der Waals surface area contributed by atoms with Gasteiger partial charge >= 0.3 is 5.97 Å². The number of carbonyl (C=O) groups is 2. The molecule has 0 aliphatic carbocycles. The predicted octanol–water partition coefficient (Wildman–Crippen LogP) is 4.91. The Balaban J connectivity index is 2.00. The number of amides is 1. The van der Waals surface area contributed by atoms with Gasteiger partial charge in [-0.2, -0.15) is 5.26 Å². The lowest BCUT2D eigenvalue weighted by Gasteiger charge is -2.35. The van der Waals surface area contributed by atoms with Crippen molar-refractivity contribution < 1.29 is 14.7 Å². The van der Waals surface area contributed by atoms with E-state index in [1.165, 1.54) is 11.8 Å². The maximum atomic E-state index is 13.4. The number of thiocarbonyl (C=S) groups is 1. The molecule has 10 heteroatoms. The number of pyridine rings is 1. The van der Waals surface area contributed by atoms with E-state index < -0.39 is 5.97 Å². The number of hydrogen-bond donors (Lipinski definition) is 1. The molecule has 1 N–H and O–H groups in total. The predicted molar refractivity (Wildman–Crippen MR) is 152 cm³/mol. The molecule has 0 atom stereocenters. The highest BCUT2D eigenvalue weighted by Crippen LogP contribution is 2.37. The Hall–Kier alpha value is -2.64. The van der Waals surface area contributed by atoms with Crippen molar-refractivity contribution in [3.05, 3.63) is 31.9 Å². The van der Waals surface area contributed by atoms with Crippen molar-refractivity contribution in [2.45, 2.75) is 78.7 Å². The molecule has 0 unspecified atom stereocenters. The third-order valence-corrected chi connectivity index (χ3v) is 8.46. The Bertz CT molecular complexity index is 1180. The van der Waals surface area contributed by atoms with E-state index in [4.69, 9.17) is 17.3 Å². The van der Waals surface area contributed by atoms with Gasteiger partial charge in [0.25, 0.3) is 11.5 Å². The highest BCUT2D eigenvalue weighted by Gasteiger charge is 2.33. The number of aliphatic carboxylic acids is 1. The molecule has 2 fully saturated rings. The molecule has 2 aliphatic rings. The van der Waals surface area contributed by atoms with Crippen LogP contribution >= 0.6 is 24.0 Å². The second-order valence-corrected chi connectivity index (χ2v) is 11.5. The van der Waals surface area contributed by atoms with Gasteiger partial charge in [-0.1, -0.05) is 50.7 Å². The Kier molecular flexibility index (Phi) is 10.4. The molecule has 3 heterocycles. The SMILES string of the molecule is CCCCn1c(N2CCC(C)CC2)c(/C=C2/SC(=S)N(CCCCCC(=O)O)C2=O)c(C)c(C#N)c1=O. The van der Waals surface area contributed by atoms with Crippen molar-refractivity contribution in [2.75, 3.05) is 24.5 Å². The molecule has 0 saturated carbocycles. The van der Waals surface area contributed by atoms with Gasteiger partial charge < -0.3 is 10.0 Å². The first-order chi connectivity index (χ1) is 17.7. The fourth-order valence-electron chi connectivity index (χ4n) is 4.78. The van der Waals surface area contributed by atoms with Crippen LogP contribution in [0, 0.1) is 24.2 Å². The van der Waals surface area contributed by atoms with Crippen LogP contribution in [0.15, 0.2) is 9.70 Å².